The molecule has 1 saturated heterocycles. The van der Waals surface area contributed by atoms with Crippen LogP contribution in [-0.2, 0) is 32.1 Å². The Morgan fingerprint density at radius 3 is 2.47 bits per heavy atom. The van der Waals surface area contributed by atoms with Crippen LogP contribution in [0.25, 0.3) is 5.57 Å². The van der Waals surface area contributed by atoms with Gasteiger partial charge in [0, 0.05) is 62.1 Å². The maximum absolute atomic E-state index is 14.5. The highest BCUT2D eigenvalue weighted by Gasteiger charge is 2.40. The van der Waals surface area contributed by atoms with Gasteiger partial charge in [-0.1, -0.05) is 60.1 Å². The number of amides is 2. The zero-order chi connectivity index (χ0) is 35.1. The van der Waals surface area contributed by atoms with Gasteiger partial charge in [0.2, 0.25) is 5.91 Å². The lowest BCUT2D eigenvalue weighted by molar-refractivity contribution is -0.141. The van der Waals surface area contributed by atoms with Crippen molar-refractivity contribution in [3.8, 4) is 5.75 Å². The van der Waals surface area contributed by atoms with Gasteiger partial charge >= 0.3 is 5.97 Å². The van der Waals surface area contributed by atoms with Gasteiger partial charge in [0.15, 0.2) is 0 Å². The van der Waals surface area contributed by atoms with Gasteiger partial charge in [-0.15, -0.1) is 0 Å². The highest BCUT2D eigenvalue weighted by molar-refractivity contribution is 6.31. The molecule has 2 atom stereocenters. The lowest BCUT2D eigenvalue weighted by atomic mass is 9.82. The number of hydrogen-bond donors (Lipinski definition) is 1. The van der Waals surface area contributed by atoms with Crippen LogP contribution in [0.1, 0.15) is 66.0 Å². The molecule has 49 heavy (non-hydrogen) atoms. The monoisotopic (exact) mass is 685 g/mol. The molecule has 2 amide bonds. The van der Waals surface area contributed by atoms with Crippen LogP contribution in [0, 0.1) is 20.8 Å². The molecule has 5 rings (SSSR count). The Labute approximate surface area is 295 Å². The number of methoxy groups -OCH3 is 1. The molecule has 3 aromatic rings. The number of carbonyl (C=O) groups is 3. The summed E-state index contributed by atoms with van der Waals surface area (Å²) in [5.41, 5.74) is 8.35. The maximum Gasteiger partial charge on any atom is 0.305 e. The molecule has 0 aliphatic carbocycles. The van der Waals surface area contributed by atoms with E-state index in [0.29, 0.717) is 56.2 Å². The summed E-state index contributed by atoms with van der Waals surface area (Å²) < 4.78 is 10.9. The van der Waals surface area contributed by atoms with Gasteiger partial charge in [-0.3, -0.25) is 14.4 Å². The smallest absolute Gasteiger partial charge is 0.305 e. The largest absolute Gasteiger partial charge is 0.493 e. The van der Waals surface area contributed by atoms with Crippen LogP contribution in [0.5, 0.6) is 5.75 Å². The van der Waals surface area contributed by atoms with E-state index in [2.05, 4.69) is 62.5 Å². The molecule has 0 unspecified atom stereocenters. The first kappa shape index (κ1) is 36.1. The number of benzene rings is 3. The molecular formula is C40H48ClN3O5. The Morgan fingerprint density at radius 1 is 1.00 bits per heavy atom. The van der Waals surface area contributed by atoms with Gasteiger partial charge in [0.05, 0.1) is 19.8 Å². The van der Waals surface area contributed by atoms with Gasteiger partial charge < -0.3 is 24.6 Å². The number of aryl methyl sites for hydroxylation is 2. The van der Waals surface area contributed by atoms with Crippen LogP contribution >= 0.6 is 11.6 Å². The number of halogens is 1. The van der Waals surface area contributed by atoms with E-state index in [4.69, 9.17) is 21.1 Å². The minimum atomic E-state index is -0.325. The number of nitrogens with one attached hydrogen (secondary N) is 1. The molecule has 260 valence electrons. The predicted octanol–water partition coefficient (Wildman–Crippen LogP) is 6.61. The molecule has 0 radical (unpaired) electrons. The summed E-state index contributed by atoms with van der Waals surface area (Å²) >= 11 is 6.51. The third-order valence-corrected chi connectivity index (χ3v) is 10.1. The summed E-state index contributed by atoms with van der Waals surface area (Å²) in [6, 6.07) is 20.0. The first-order chi connectivity index (χ1) is 23.6. The zero-order valence-electron chi connectivity index (χ0n) is 29.3. The molecule has 0 aromatic heterocycles. The van der Waals surface area contributed by atoms with Gasteiger partial charge in [0.25, 0.3) is 5.91 Å². The minimum Gasteiger partial charge on any atom is -0.493 e. The van der Waals surface area contributed by atoms with Crippen molar-refractivity contribution in [2.45, 2.75) is 78.4 Å². The van der Waals surface area contributed by atoms with Crippen molar-refractivity contribution < 1.29 is 23.9 Å². The summed E-state index contributed by atoms with van der Waals surface area (Å²) in [5.74, 6) is 0.534. The van der Waals surface area contributed by atoms with Crippen molar-refractivity contribution in [3.05, 3.63) is 105 Å². The fraction of sp³-hybridized carbons (Fsp3) is 0.425. The quantitative estimate of drug-likeness (QED) is 0.204. The van der Waals surface area contributed by atoms with Crippen LogP contribution in [-0.4, -0.2) is 73.0 Å². The van der Waals surface area contributed by atoms with Crippen molar-refractivity contribution in [1.82, 2.24) is 15.1 Å². The first-order valence-corrected chi connectivity index (χ1v) is 17.6. The van der Waals surface area contributed by atoms with E-state index < -0.39 is 0 Å². The second-order valence-corrected chi connectivity index (χ2v) is 13.6. The molecule has 0 spiro atoms. The van der Waals surface area contributed by atoms with Crippen molar-refractivity contribution in [1.29, 1.82) is 0 Å². The number of ether oxygens (including phenoxy) is 2. The van der Waals surface area contributed by atoms with Gasteiger partial charge in [-0.25, -0.2) is 0 Å². The van der Waals surface area contributed by atoms with E-state index in [-0.39, 0.29) is 42.7 Å². The number of rotatable bonds is 13. The van der Waals surface area contributed by atoms with Crippen LogP contribution in [0.15, 0.2) is 66.2 Å². The molecular weight excluding hydrogens is 638 g/mol. The van der Waals surface area contributed by atoms with Crippen LogP contribution in [0.3, 0.4) is 0 Å². The lowest BCUT2D eigenvalue weighted by Gasteiger charge is -2.45. The Bertz CT molecular complexity index is 1700. The average molecular weight is 686 g/mol. The SMILES string of the molecule is CCN(Cc1ccccc1Cl)C(=O)C1=C(c2ccc(CCOc3cc(C)cc(C)c3C)cc2)C[C@@H]2CN(C(=O)CCCC(=O)OC)C[C@H]1N2. The number of carbonyl (C=O) groups excluding carboxylic acids is 3. The van der Waals surface area contributed by atoms with E-state index >= 15 is 0 Å². The first-order valence-electron chi connectivity index (χ1n) is 17.2. The number of hydrogen-bond acceptors (Lipinski definition) is 6. The summed E-state index contributed by atoms with van der Waals surface area (Å²) in [6.45, 7) is 10.6. The van der Waals surface area contributed by atoms with E-state index in [1.165, 1.54) is 23.8 Å². The number of nitrogens with zero attached hydrogens (tertiary/aromatic N) is 2. The summed E-state index contributed by atoms with van der Waals surface area (Å²) in [4.78, 5) is 43.1. The third-order valence-electron chi connectivity index (χ3n) is 9.69. The zero-order valence-corrected chi connectivity index (χ0v) is 30.1. The second-order valence-electron chi connectivity index (χ2n) is 13.2. The van der Waals surface area contributed by atoms with E-state index in [9.17, 15) is 14.4 Å². The molecule has 3 aromatic carbocycles. The average Bonchev–Trinajstić information content (AvgIpc) is 3.09. The summed E-state index contributed by atoms with van der Waals surface area (Å²) in [7, 11) is 1.35. The Kier molecular flexibility index (Phi) is 12.2. The highest BCUT2D eigenvalue weighted by atomic mass is 35.5. The van der Waals surface area contributed by atoms with Crippen LogP contribution in [0.2, 0.25) is 5.02 Å². The van der Waals surface area contributed by atoms with Crippen molar-refractivity contribution in [2.24, 2.45) is 0 Å². The van der Waals surface area contributed by atoms with E-state index in [1.54, 1.807) is 0 Å². The van der Waals surface area contributed by atoms with Gasteiger partial charge in [-0.2, -0.15) is 0 Å². The molecule has 9 heteroatoms. The Hall–Kier alpha value is -4.14. The lowest BCUT2D eigenvalue weighted by Crippen LogP contribution is -2.62. The van der Waals surface area contributed by atoms with Gasteiger partial charge in [-0.05, 0) is 91.6 Å². The number of fused-ring (bicyclic) bond motifs is 2. The standard InChI is InChI=1S/C40H48ClN3O5/c1-6-43(23-31-10-7-8-11-34(31)41)40(47)39-33(22-32-24-44(25-35(39)42-32)37(45)12-9-13-38(46)48-5)30-16-14-29(15-17-30)18-19-49-36-21-26(2)20-27(3)28(36)4/h7-8,10-11,14-17,20-21,32,35,42H,6,9,12-13,18-19,22-25H2,1-5H3/t32-,35-/m1/s1. The topological polar surface area (TPSA) is 88.2 Å². The number of piperazine rings is 1. The molecule has 0 saturated carbocycles. The van der Waals surface area contributed by atoms with E-state index in [0.717, 1.165) is 34.4 Å². The minimum absolute atomic E-state index is 0.00241. The molecule has 2 aliphatic heterocycles. The number of likely N-dealkylation sites (N-methyl/N-ethyl adjacent to an activating group) is 1. The molecule has 1 fully saturated rings. The predicted molar refractivity (Wildman–Crippen MR) is 194 cm³/mol. The summed E-state index contributed by atoms with van der Waals surface area (Å²) in [5, 5.41) is 4.28. The highest BCUT2D eigenvalue weighted by Crippen LogP contribution is 2.35. The fourth-order valence-electron chi connectivity index (χ4n) is 6.85. The van der Waals surface area contributed by atoms with E-state index in [1.807, 2.05) is 41.0 Å². The van der Waals surface area contributed by atoms with Crippen molar-refractivity contribution >= 4 is 35.0 Å². The molecule has 2 bridgehead atoms. The normalized spacial score (nSPS) is 17.1. The molecule has 1 N–H and O–H groups in total. The Balaban J connectivity index is 1.38. The fourth-order valence-corrected chi connectivity index (χ4v) is 7.04. The van der Waals surface area contributed by atoms with Crippen molar-refractivity contribution in [3.63, 3.8) is 0 Å². The summed E-state index contributed by atoms with van der Waals surface area (Å²) in [6.07, 6.45) is 2.27. The molecule has 8 nitrogen and oxygen atoms in total. The molecule has 2 heterocycles. The molecule has 2 aliphatic rings. The second kappa shape index (κ2) is 16.5. The Morgan fingerprint density at radius 2 is 1.76 bits per heavy atom. The maximum atomic E-state index is 14.5. The van der Waals surface area contributed by atoms with Crippen molar-refractivity contribution in [2.75, 3.05) is 33.4 Å². The number of esters is 1. The third kappa shape index (κ3) is 8.91. The van der Waals surface area contributed by atoms with Crippen LogP contribution < -0.4 is 10.1 Å². The van der Waals surface area contributed by atoms with Gasteiger partial charge in [0.1, 0.15) is 5.75 Å². The van der Waals surface area contributed by atoms with Crippen LogP contribution in [0.4, 0.5) is 0 Å².